The maximum absolute atomic E-state index is 12.9. The Kier molecular flexibility index (Phi) is 5.84. The van der Waals surface area contributed by atoms with Crippen LogP contribution >= 0.6 is 0 Å². The van der Waals surface area contributed by atoms with E-state index in [0.717, 1.165) is 35.7 Å². The van der Waals surface area contributed by atoms with Crippen molar-refractivity contribution in [3.8, 4) is 5.75 Å². The number of carbonyl (C=O) groups is 1. The molecule has 1 aromatic heterocycles. The van der Waals surface area contributed by atoms with Gasteiger partial charge < -0.3 is 14.2 Å². The number of anilines is 1. The molecule has 0 radical (unpaired) electrons. The third-order valence-corrected chi connectivity index (χ3v) is 5.62. The number of amides is 1. The van der Waals surface area contributed by atoms with Gasteiger partial charge in [-0.25, -0.2) is 4.98 Å². The Bertz CT molecular complexity index is 995. The van der Waals surface area contributed by atoms with Crippen LogP contribution in [0, 0.1) is 0 Å². The summed E-state index contributed by atoms with van der Waals surface area (Å²) >= 11 is 0. The van der Waals surface area contributed by atoms with Crippen molar-refractivity contribution in [1.82, 2.24) is 9.55 Å². The molecule has 29 heavy (non-hydrogen) atoms. The minimum absolute atomic E-state index is 0.0891. The lowest BCUT2D eigenvalue weighted by atomic mass is 10.1. The normalized spacial score (nSPS) is 16.7. The van der Waals surface area contributed by atoms with E-state index in [1.165, 1.54) is 18.4 Å². The number of nitrogens with zero attached hydrogens (tertiary/aromatic N) is 3. The van der Waals surface area contributed by atoms with Crippen molar-refractivity contribution in [3.63, 3.8) is 0 Å². The number of unbranched alkanes of at least 4 members (excludes halogenated alkanes) is 2. The second-order valence-electron chi connectivity index (χ2n) is 7.62. The summed E-state index contributed by atoms with van der Waals surface area (Å²) in [7, 11) is 0. The van der Waals surface area contributed by atoms with Crippen LogP contribution in [0.25, 0.3) is 11.0 Å². The molecule has 5 nitrogen and oxygen atoms in total. The Labute approximate surface area is 172 Å². The van der Waals surface area contributed by atoms with Crippen LogP contribution in [0.15, 0.2) is 48.5 Å². The molecule has 1 aliphatic rings. The number of para-hydroxylation sites is 4. The van der Waals surface area contributed by atoms with Crippen molar-refractivity contribution < 1.29 is 9.53 Å². The number of rotatable bonds is 8. The van der Waals surface area contributed by atoms with E-state index in [-0.39, 0.29) is 11.8 Å². The van der Waals surface area contributed by atoms with Gasteiger partial charge in [0.1, 0.15) is 11.6 Å². The second-order valence-corrected chi connectivity index (χ2v) is 7.62. The average Bonchev–Trinajstić information content (AvgIpc) is 3.30. The van der Waals surface area contributed by atoms with E-state index >= 15 is 0 Å². The number of imidazole rings is 1. The fraction of sp³-hybridized carbons (Fsp3) is 0.417. The van der Waals surface area contributed by atoms with Gasteiger partial charge in [-0.05, 0) is 37.6 Å². The van der Waals surface area contributed by atoms with Gasteiger partial charge in [0.15, 0.2) is 0 Å². The zero-order chi connectivity index (χ0) is 20.2. The molecule has 2 heterocycles. The second kappa shape index (κ2) is 8.68. The molecule has 0 unspecified atom stereocenters. The van der Waals surface area contributed by atoms with E-state index in [9.17, 15) is 4.79 Å². The summed E-state index contributed by atoms with van der Waals surface area (Å²) in [6.45, 7) is 6.35. The van der Waals surface area contributed by atoms with Crippen molar-refractivity contribution in [1.29, 1.82) is 0 Å². The molecule has 0 bridgehead atoms. The highest BCUT2D eigenvalue weighted by atomic mass is 16.5. The largest absolute Gasteiger partial charge is 0.492 e. The fourth-order valence-corrected chi connectivity index (χ4v) is 4.23. The maximum Gasteiger partial charge on any atom is 0.227 e. The summed E-state index contributed by atoms with van der Waals surface area (Å²) in [5, 5.41) is 0. The SMILES string of the molecule is CCCCCn1c([C@H]2CC(=O)N(c3ccccc3OCC)C2)nc2ccccc21. The number of aryl methyl sites for hydroxylation is 1. The number of benzene rings is 2. The molecule has 0 aliphatic carbocycles. The number of ether oxygens (including phenoxy) is 1. The Morgan fingerprint density at radius 1 is 1.07 bits per heavy atom. The monoisotopic (exact) mass is 391 g/mol. The molecular formula is C24H29N3O2. The van der Waals surface area contributed by atoms with Gasteiger partial charge in [0, 0.05) is 25.4 Å². The molecule has 1 atom stereocenters. The summed E-state index contributed by atoms with van der Waals surface area (Å²) in [4.78, 5) is 19.7. The molecule has 3 aromatic rings. The first-order chi connectivity index (χ1) is 14.2. The van der Waals surface area contributed by atoms with E-state index in [1.54, 1.807) is 0 Å². The number of carbonyl (C=O) groups excluding carboxylic acids is 1. The Morgan fingerprint density at radius 2 is 1.86 bits per heavy atom. The predicted octanol–water partition coefficient (Wildman–Crippen LogP) is 5.15. The lowest BCUT2D eigenvalue weighted by Crippen LogP contribution is -2.25. The highest BCUT2D eigenvalue weighted by Crippen LogP contribution is 2.37. The number of hydrogen-bond donors (Lipinski definition) is 0. The van der Waals surface area contributed by atoms with Gasteiger partial charge in [-0.2, -0.15) is 0 Å². The van der Waals surface area contributed by atoms with Crippen molar-refractivity contribution >= 4 is 22.6 Å². The lowest BCUT2D eigenvalue weighted by Gasteiger charge is -2.20. The van der Waals surface area contributed by atoms with Gasteiger partial charge in [-0.3, -0.25) is 4.79 Å². The van der Waals surface area contributed by atoms with E-state index in [2.05, 4.69) is 29.7 Å². The molecule has 2 aromatic carbocycles. The van der Waals surface area contributed by atoms with Crippen molar-refractivity contribution in [2.45, 2.75) is 52.0 Å². The van der Waals surface area contributed by atoms with E-state index in [1.807, 2.05) is 42.2 Å². The van der Waals surface area contributed by atoms with Crippen LogP contribution in [-0.4, -0.2) is 28.6 Å². The zero-order valence-electron chi connectivity index (χ0n) is 17.3. The zero-order valence-corrected chi connectivity index (χ0v) is 17.3. The molecule has 1 amide bonds. The minimum Gasteiger partial charge on any atom is -0.492 e. The number of hydrogen-bond acceptors (Lipinski definition) is 3. The molecular weight excluding hydrogens is 362 g/mol. The first kappa shape index (κ1) is 19.5. The summed E-state index contributed by atoms with van der Waals surface area (Å²) in [6.07, 6.45) is 3.99. The topological polar surface area (TPSA) is 47.4 Å². The van der Waals surface area contributed by atoms with Gasteiger partial charge in [-0.1, -0.05) is 44.0 Å². The lowest BCUT2D eigenvalue weighted by molar-refractivity contribution is -0.117. The maximum atomic E-state index is 12.9. The Hall–Kier alpha value is -2.82. The molecule has 1 aliphatic heterocycles. The van der Waals surface area contributed by atoms with E-state index in [0.29, 0.717) is 19.6 Å². The van der Waals surface area contributed by atoms with Gasteiger partial charge in [0.2, 0.25) is 5.91 Å². The quantitative estimate of drug-likeness (QED) is 0.499. The molecule has 4 rings (SSSR count). The highest BCUT2D eigenvalue weighted by molar-refractivity contribution is 5.97. The summed E-state index contributed by atoms with van der Waals surface area (Å²) in [5.41, 5.74) is 3.04. The molecule has 0 spiro atoms. The molecule has 152 valence electrons. The van der Waals surface area contributed by atoms with Gasteiger partial charge in [0.25, 0.3) is 0 Å². The third-order valence-electron chi connectivity index (χ3n) is 5.62. The van der Waals surface area contributed by atoms with Crippen molar-refractivity contribution in [2.24, 2.45) is 0 Å². The molecule has 0 N–H and O–H groups in total. The van der Waals surface area contributed by atoms with Crippen LogP contribution in [0.2, 0.25) is 0 Å². The highest BCUT2D eigenvalue weighted by Gasteiger charge is 2.35. The first-order valence-electron chi connectivity index (χ1n) is 10.7. The van der Waals surface area contributed by atoms with Crippen LogP contribution in [0.4, 0.5) is 5.69 Å². The fourth-order valence-electron chi connectivity index (χ4n) is 4.23. The van der Waals surface area contributed by atoms with Crippen molar-refractivity contribution in [2.75, 3.05) is 18.1 Å². The number of aromatic nitrogens is 2. The van der Waals surface area contributed by atoms with Crippen LogP contribution in [0.1, 0.15) is 51.3 Å². The van der Waals surface area contributed by atoms with Gasteiger partial charge >= 0.3 is 0 Å². The summed E-state index contributed by atoms with van der Waals surface area (Å²) < 4.78 is 8.10. The number of fused-ring (bicyclic) bond motifs is 1. The predicted molar refractivity (Wildman–Crippen MR) is 117 cm³/mol. The minimum atomic E-state index is 0.0891. The van der Waals surface area contributed by atoms with Crippen LogP contribution in [0.3, 0.4) is 0 Å². The smallest absolute Gasteiger partial charge is 0.227 e. The Balaban J connectivity index is 1.65. The molecule has 5 heteroatoms. The van der Waals surface area contributed by atoms with E-state index < -0.39 is 0 Å². The third kappa shape index (κ3) is 3.86. The van der Waals surface area contributed by atoms with E-state index in [4.69, 9.17) is 9.72 Å². The molecule has 0 saturated carbocycles. The van der Waals surface area contributed by atoms with Crippen LogP contribution in [0.5, 0.6) is 5.75 Å². The Morgan fingerprint density at radius 3 is 2.69 bits per heavy atom. The van der Waals surface area contributed by atoms with Gasteiger partial charge in [-0.15, -0.1) is 0 Å². The summed E-state index contributed by atoms with van der Waals surface area (Å²) in [5.74, 6) is 2.02. The van der Waals surface area contributed by atoms with Crippen LogP contribution < -0.4 is 9.64 Å². The molecule has 1 saturated heterocycles. The van der Waals surface area contributed by atoms with Crippen molar-refractivity contribution in [3.05, 3.63) is 54.4 Å². The first-order valence-corrected chi connectivity index (χ1v) is 10.7. The van der Waals surface area contributed by atoms with Crippen LogP contribution in [-0.2, 0) is 11.3 Å². The average molecular weight is 392 g/mol. The summed E-state index contributed by atoms with van der Waals surface area (Å²) in [6, 6.07) is 16.1. The standard InChI is InChI=1S/C24H29N3O2/c1-3-5-10-15-26-20-12-7-6-11-19(20)25-24(26)18-16-23(28)27(17-18)21-13-8-9-14-22(21)29-4-2/h6-9,11-14,18H,3-5,10,15-17H2,1-2H3/t18-/m0/s1. The van der Waals surface area contributed by atoms with Gasteiger partial charge in [0.05, 0.1) is 23.3 Å². The molecule has 1 fully saturated rings.